The Hall–Kier alpha value is -1.79. The van der Waals surface area contributed by atoms with Gasteiger partial charge in [0.15, 0.2) is 5.16 Å². The first-order chi connectivity index (χ1) is 10.7. The van der Waals surface area contributed by atoms with E-state index < -0.39 is 0 Å². The van der Waals surface area contributed by atoms with E-state index in [1.165, 1.54) is 0 Å². The van der Waals surface area contributed by atoms with E-state index >= 15 is 0 Å². The molecular weight excluding hydrogens is 296 g/mol. The van der Waals surface area contributed by atoms with Crippen molar-refractivity contribution in [3.63, 3.8) is 0 Å². The van der Waals surface area contributed by atoms with Gasteiger partial charge in [-0.15, -0.1) is 0 Å². The summed E-state index contributed by atoms with van der Waals surface area (Å²) in [7, 11) is 0. The molecule has 2 heterocycles. The molecule has 1 aliphatic heterocycles. The van der Waals surface area contributed by atoms with Crippen LogP contribution in [0.3, 0.4) is 0 Å². The summed E-state index contributed by atoms with van der Waals surface area (Å²) in [6.07, 6.45) is 3.66. The number of hydrogen-bond donors (Lipinski definition) is 1. The molecule has 1 atom stereocenters. The van der Waals surface area contributed by atoms with Crippen molar-refractivity contribution in [2.24, 2.45) is 0 Å². The van der Waals surface area contributed by atoms with Crippen molar-refractivity contribution >= 4 is 17.7 Å². The van der Waals surface area contributed by atoms with Crippen molar-refractivity contribution in [2.75, 3.05) is 25.9 Å². The molecule has 0 saturated carbocycles. The molecule has 3 rings (SSSR count). The van der Waals surface area contributed by atoms with Gasteiger partial charge < -0.3 is 10.2 Å². The topological polar surface area (TPSA) is 50.2 Å². The maximum Gasteiger partial charge on any atom is 0.272 e. The number of aromatic nitrogens is 2. The third-order valence-electron chi connectivity index (χ3n) is 3.80. The molecule has 0 aliphatic carbocycles. The lowest BCUT2D eigenvalue weighted by Gasteiger charge is -2.32. The van der Waals surface area contributed by atoms with Crippen molar-refractivity contribution in [1.82, 2.24) is 19.8 Å². The quantitative estimate of drug-likeness (QED) is 0.880. The van der Waals surface area contributed by atoms with Crippen LogP contribution in [0.15, 0.2) is 41.7 Å². The average Bonchev–Trinajstić information content (AvgIpc) is 2.99. The number of thioether (sulfide) groups is 1. The Morgan fingerprint density at radius 2 is 2.14 bits per heavy atom. The van der Waals surface area contributed by atoms with Gasteiger partial charge >= 0.3 is 0 Å². The fraction of sp³-hybridized carbons (Fsp3) is 0.375. The molecule has 1 amide bonds. The number of carbonyl (C=O) groups is 1. The Morgan fingerprint density at radius 1 is 1.36 bits per heavy atom. The number of piperazine rings is 1. The van der Waals surface area contributed by atoms with Crippen LogP contribution in [0.1, 0.15) is 17.4 Å². The second-order valence-electron chi connectivity index (χ2n) is 5.41. The minimum atomic E-state index is 0.0463. The van der Waals surface area contributed by atoms with Crippen LogP contribution in [0.5, 0.6) is 0 Å². The zero-order chi connectivity index (χ0) is 15.5. The molecule has 1 saturated heterocycles. The molecule has 1 aromatic carbocycles. The zero-order valence-electron chi connectivity index (χ0n) is 12.8. The van der Waals surface area contributed by atoms with Gasteiger partial charge in [-0.3, -0.25) is 9.36 Å². The summed E-state index contributed by atoms with van der Waals surface area (Å²) < 4.78 is 1.94. The maximum atomic E-state index is 12.9. The number of amides is 1. The number of hydrogen-bond acceptors (Lipinski definition) is 4. The van der Waals surface area contributed by atoms with Gasteiger partial charge in [0.1, 0.15) is 5.69 Å². The third-order valence-corrected chi connectivity index (χ3v) is 4.45. The first kappa shape index (κ1) is 15.1. The molecular formula is C16H20N4OS. The molecule has 0 unspecified atom stereocenters. The molecule has 1 aliphatic rings. The molecule has 1 aromatic heterocycles. The van der Waals surface area contributed by atoms with Crippen LogP contribution < -0.4 is 5.32 Å². The molecule has 0 radical (unpaired) electrons. The summed E-state index contributed by atoms with van der Waals surface area (Å²) in [6, 6.07) is 10.2. The standard InChI is InChI=1S/C16H20N4OS/c1-12-11-19(9-8-17-12)15(21)14-10-18-16(22-2)20(14)13-6-4-3-5-7-13/h3-7,10,12,17H,8-9,11H2,1-2H3/t12-/m1/s1. The highest BCUT2D eigenvalue weighted by Gasteiger charge is 2.25. The summed E-state index contributed by atoms with van der Waals surface area (Å²) in [5, 5.41) is 4.19. The average molecular weight is 316 g/mol. The summed E-state index contributed by atoms with van der Waals surface area (Å²) >= 11 is 1.54. The highest BCUT2D eigenvalue weighted by Crippen LogP contribution is 2.22. The van der Waals surface area contributed by atoms with Gasteiger partial charge in [0.2, 0.25) is 0 Å². The third kappa shape index (κ3) is 2.89. The zero-order valence-corrected chi connectivity index (χ0v) is 13.6. The Morgan fingerprint density at radius 3 is 2.82 bits per heavy atom. The van der Waals surface area contributed by atoms with Gasteiger partial charge in [-0.25, -0.2) is 4.98 Å². The SMILES string of the molecule is CSc1ncc(C(=O)N2CCN[C@H](C)C2)n1-c1ccccc1. The minimum Gasteiger partial charge on any atom is -0.334 e. The first-order valence-electron chi connectivity index (χ1n) is 7.40. The fourth-order valence-electron chi connectivity index (χ4n) is 2.74. The van der Waals surface area contributed by atoms with Crippen molar-refractivity contribution in [2.45, 2.75) is 18.1 Å². The lowest BCUT2D eigenvalue weighted by Crippen LogP contribution is -2.51. The van der Waals surface area contributed by atoms with Gasteiger partial charge in [0, 0.05) is 31.4 Å². The van der Waals surface area contributed by atoms with E-state index in [4.69, 9.17) is 0 Å². The monoisotopic (exact) mass is 316 g/mol. The fourth-order valence-corrected chi connectivity index (χ4v) is 3.28. The number of carbonyl (C=O) groups excluding carboxylic acids is 1. The first-order valence-corrected chi connectivity index (χ1v) is 8.63. The molecule has 22 heavy (non-hydrogen) atoms. The number of imidazole rings is 1. The van der Waals surface area contributed by atoms with E-state index in [0.29, 0.717) is 11.7 Å². The highest BCUT2D eigenvalue weighted by molar-refractivity contribution is 7.98. The van der Waals surface area contributed by atoms with Crippen LogP contribution in [0.4, 0.5) is 0 Å². The van der Waals surface area contributed by atoms with Crippen molar-refractivity contribution in [3.05, 3.63) is 42.2 Å². The van der Waals surface area contributed by atoms with Gasteiger partial charge in [-0.05, 0) is 25.3 Å². The van der Waals surface area contributed by atoms with E-state index in [9.17, 15) is 4.79 Å². The Bertz CT molecular complexity index is 655. The number of rotatable bonds is 3. The Kier molecular flexibility index (Phi) is 4.49. The highest BCUT2D eigenvalue weighted by atomic mass is 32.2. The molecule has 5 nitrogen and oxygen atoms in total. The van der Waals surface area contributed by atoms with Crippen LogP contribution in [0, 0.1) is 0 Å². The van der Waals surface area contributed by atoms with Crippen LogP contribution >= 0.6 is 11.8 Å². The predicted molar refractivity (Wildman–Crippen MR) is 88.7 cm³/mol. The van der Waals surface area contributed by atoms with E-state index in [2.05, 4.69) is 17.2 Å². The lowest BCUT2D eigenvalue weighted by molar-refractivity contribution is 0.0700. The summed E-state index contributed by atoms with van der Waals surface area (Å²) in [4.78, 5) is 19.2. The summed E-state index contributed by atoms with van der Waals surface area (Å²) in [5.41, 5.74) is 1.60. The predicted octanol–water partition coefficient (Wildman–Crippen LogP) is 2.03. The molecule has 1 fully saturated rings. The van der Waals surface area contributed by atoms with Crippen molar-refractivity contribution < 1.29 is 4.79 Å². The molecule has 0 bridgehead atoms. The largest absolute Gasteiger partial charge is 0.334 e. The van der Waals surface area contributed by atoms with Crippen molar-refractivity contribution in [3.8, 4) is 5.69 Å². The summed E-state index contributed by atoms with van der Waals surface area (Å²) in [5.74, 6) is 0.0463. The van der Waals surface area contributed by atoms with Gasteiger partial charge in [-0.1, -0.05) is 30.0 Å². The number of para-hydroxylation sites is 1. The van der Waals surface area contributed by atoms with E-state index in [0.717, 1.165) is 30.5 Å². The van der Waals surface area contributed by atoms with Gasteiger partial charge in [-0.2, -0.15) is 0 Å². The summed E-state index contributed by atoms with van der Waals surface area (Å²) in [6.45, 7) is 4.40. The smallest absolute Gasteiger partial charge is 0.272 e. The number of nitrogens with zero attached hydrogens (tertiary/aromatic N) is 3. The van der Waals surface area contributed by atoms with Crippen LogP contribution in [-0.4, -0.2) is 52.3 Å². The molecule has 0 spiro atoms. The molecule has 2 aromatic rings. The van der Waals surface area contributed by atoms with Crippen LogP contribution in [-0.2, 0) is 0 Å². The second-order valence-corrected chi connectivity index (χ2v) is 6.18. The van der Waals surface area contributed by atoms with E-state index in [1.807, 2.05) is 46.1 Å². The van der Waals surface area contributed by atoms with E-state index in [-0.39, 0.29) is 5.91 Å². The van der Waals surface area contributed by atoms with Crippen LogP contribution in [0.25, 0.3) is 5.69 Å². The van der Waals surface area contributed by atoms with Crippen LogP contribution in [0.2, 0.25) is 0 Å². The normalized spacial score (nSPS) is 18.5. The van der Waals surface area contributed by atoms with Gasteiger partial charge in [0.05, 0.1) is 6.20 Å². The van der Waals surface area contributed by atoms with E-state index in [1.54, 1.807) is 18.0 Å². The lowest BCUT2D eigenvalue weighted by atomic mass is 10.2. The minimum absolute atomic E-state index is 0.0463. The Labute approximate surface area is 134 Å². The van der Waals surface area contributed by atoms with Crippen molar-refractivity contribution in [1.29, 1.82) is 0 Å². The Balaban J connectivity index is 1.97. The second kappa shape index (κ2) is 6.54. The number of nitrogens with one attached hydrogen (secondary N) is 1. The molecule has 116 valence electrons. The maximum absolute atomic E-state index is 12.9. The van der Waals surface area contributed by atoms with Gasteiger partial charge in [0.25, 0.3) is 5.91 Å². The molecule has 6 heteroatoms. The number of benzene rings is 1. The molecule has 1 N–H and O–H groups in total.